The molecule has 0 saturated heterocycles. The van der Waals surface area contributed by atoms with Crippen molar-refractivity contribution in [1.82, 2.24) is 5.32 Å². The van der Waals surface area contributed by atoms with Crippen molar-refractivity contribution in [1.29, 1.82) is 0 Å². The highest BCUT2D eigenvalue weighted by Gasteiger charge is 2.42. The third-order valence-electron chi connectivity index (χ3n) is 5.32. The minimum absolute atomic E-state index is 0.0842. The van der Waals surface area contributed by atoms with Crippen LogP contribution in [0.4, 0.5) is 0 Å². The first-order chi connectivity index (χ1) is 10.2. The SMILES string of the molecule is CSCc1ccc(C(=O)NC(C)C2CC3CCC2C3)cc1. The van der Waals surface area contributed by atoms with E-state index in [9.17, 15) is 4.79 Å². The van der Waals surface area contributed by atoms with Crippen LogP contribution in [0.5, 0.6) is 0 Å². The summed E-state index contributed by atoms with van der Waals surface area (Å²) in [6, 6.07) is 8.34. The lowest BCUT2D eigenvalue weighted by Crippen LogP contribution is -2.40. The molecule has 0 spiro atoms. The van der Waals surface area contributed by atoms with E-state index in [1.54, 1.807) is 11.8 Å². The quantitative estimate of drug-likeness (QED) is 0.887. The first-order valence-corrected chi connectivity index (χ1v) is 9.45. The summed E-state index contributed by atoms with van der Waals surface area (Å²) < 4.78 is 0. The minimum Gasteiger partial charge on any atom is -0.349 e. The van der Waals surface area contributed by atoms with Crippen LogP contribution < -0.4 is 5.32 Å². The molecule has 0 aliphatic heterocycles. The molecule has 1 aromatic rings. The predicted molar refractivity (Wildman–Crippen MR) is 89.5 cm³/mol. The van der Waals surface area contributed by atoms with Crippen LogP contribution in [-0.2, 0) is 5.75 Å². The van der Waals surface area contributed by atoms with Gasteiger partial charge >= 0.3 is 0 Å². The third-order valence-corrected chi connectivity index (χ3v) is 5.94. The van der Waals surface area contributed by atoms with Gasteiger partial charge in [-0.25, -0.2) is 0 Å². The minimum atomic E-state index is 0.0842. The van der Waals surface area contributed by atoms with Gasteiger partial charge in [0.05, 0.1) is 0 Å². The molecule has 2 bridgehead atoms. The van der Waals surface area contributed by atoms with E-state index in [-0.39, 0.29) is 5.91 Å². The van der Waals surface area contributed by atoms with Gasteiger partial charge in [0, 0.05) is 17.4 Å². The van der Waals surface area contributed by atoms with Crippen LogP contribution in [0.1, 0.15) is 48.5 Å². The fourth-order valence-electron chi connectivity index (χ4n) is 4.22. The summed E-state index contributed by atoms with van der Waals surface area (Å²) in [6.07, 6.45) is 7.60. The monoisotopic (exact) mass is 303 g/mol. The Hall–Kier alpha value is -0.960. The Morgan fingerprint density at radius 2 is 2.05 bits per heavy atom. The zero-order chi connectivity index (χ0) is 14.8. The number of carbonyl (C=O) groups excluding carboxylic acids is 1. The average molecular weight is 303 g/mol. The molecule has 3 heteroatoms. The van der Waals surface area contributed by atoms with Crippen molar-refractivity contribution in [3.63, 3.8) is 0 Å². The smallest absolute Gasteiger partial charge is 0.251 e. The van der Waals surface area contributed by atoms with Crippen LogP contribution in [0.25, 0.3) is 0 Å². The first kappa shape index (κ1) is 15.0. The standard InChI is InChI=1S/C18H25NOS/c1-12(17-10-14-5-8-16(17)9-14)19-18(20)15-6-3-13(4-7-15)11-21-2/h3-4,6-7,12,14,16-17H,5,8-11H2,1-2H3,(H,19,20). The van der Waals surface area contributed by atoms with E-state index in [4.69, 9.17) is 0 Å². The van der Waals surface area contributed by atoms with Gasteiger partial charge in [0.25, 0.3) is 5.91 Å². The van der Waals surface area contributed by atoms with Gasteiger partial charge in [0.2, 0.25) is 0 Å². The molecule has 3 rings (SSSR count). The third kappa shape index (κ3) is 3.28. The van der Waals surface area contributed by atoms with Gasteiger partial charge in [0.15, 0.2) is 0 Å². The maximum atomic E-state index is 12.4. The fraction of sp³-hybridized carbons (Fsp3) is 0.611. The molecule has 1 amide bonds. The highest BCUT2D eigenvalue weighted by Crippen LogP contribution is 2.49. The summed E-state index contributed by atoms with van der Waals surface area (Å²) >= 11 is 1.80. The Labute approximate surface area is 132 Å². The van der Waals surface area contributed by atoms with Crippen LogP contribution in [0.2, 0.25) is 0 Å². The molecule has 0 heterocycles. The Balaban J connectivity index is 1.58. The van der Waals surface area contributed by atoms with E-state index in [2.05, 4.69) is 30.6 Å². The van der Waals surface area contributed by atoms with E-state index < -0.39 is 0 Å². The van der Waals surface area contributed by atoms with Gasteiger partial charge in [-0.05, 0) is 67.9 Å². The average Bonchev–Trinajstić information content (AvgIpc) is 3.11. The van der Waals surface area contributed by atoms with Crippen LogP contribution in [-0.4, -0.2) is 18.2 Å². The molecular weight excluding hydrogens is 278 g/mol. The van der Waals surface area contributed by atoms with E-state index in [0.29, 0.717) is 12.0 Å². The van der Waals surface area contributed by atoms with Crippen molar-refractivity contribution in [2.24, 2.45) is 17.8 Å². The van der Waals surface area contributed by atoms with E-state index in [0.717, 1.165) is 23.2 Å². The summed E-state index contributed by atoms with van der Waals surface area (Å²) in [5.74, 6) is 3.58. The van der Waals surface area contributed by atoms with Crippen LogP contribution >= 0.6 is 11.8 Å². The summed E-state index contributed by atoms with van der Waals surface area (Å²) in [6.45, 7) is 2.19. The van der Waals surface area contributed by atoms with Crippen molar-refractivity contribution in [3.05, 3.63) is 35.4 Å². The Kier molecular flexibility index (Phi) is 4.58. The van der Waals surface area contributed by atoms with Gasteiger partial charge < -0.3 is 5.32 Å². The van der Waals surface area contributed by atoms with Gasteiger partial charge in [0.1, 0.15) is 0 Å². The van der Waals surface area contributed by atoms with Crippen molar-refractivity contribution < 1.29 is 4.79 Å². The molecule has 2 fully saturated rings. The highest BCUT2D eigenvalue weighted by molar-refractivity contribution is 7.97. The number of amides is 1. The summed E-state index contributed by atoms with van der Waals surface area (Å²) in [5, 5.41) is 3.23. The topological polar surface area (TPSA) is 29.1 Å². The van der Waals surface area contributed by atoms with Crippen molar-refractivity contribution in [2.45, 2.75) is 44.4 Å². The predicted octanol–water partition coefficient (Wildman–Crippen LogP) is 4.10. The Morgan fingerprint density at radius 3 is 2.62 bits per heavy atom. The van der Waals surface area contributed by atoms with Crippen LogP contribution in [0.15, 0.2) is 24.3 Å². The van der Waals surface area contributed by atoms with Gasteiger partial charge in [-0.15, -0.1) is 0 Å². The number of nitrogens with one attached hydrogen (secondary N) is 1. The molecule has 2 saturated carbocycles. The lowest BCUT2D eigenvalue weighted by atomic mass is 9.84. The van der Waals surface area contributed by atoms with Gasteiger partial charge in [-0.3, -0.25) is 4.79 Å². The molecule has 21 heavy (non-hydrogen) atoms. The molecule has 4 atom stereocenters. The second-order valence-electron chi connectivity index (χ2n) is 6.73. The van der Waals surface area contributed by atoms with Crippen molar-refractivity contribution in [2.75, 3.05) is 6.26 Å². The normalized spacial score (nSPS) is 28.6. The number of fused-ring (bicyclic) bond motifs is 2. The van der Waals surface area contributed by atoms with Crippen LogP contribution in [0.3, 0.4) is 0 Å². The molecule has 4 unspecified atom stereocenters. The molecule has 114 valence electrons. The first-order valence-electron chi connectivity index (χ1n) is 8.06. The van der Waals surface area contributed by atoms with E-state index >= 15 is 0 Å². The molecule has 2 nitrogen and oxygen atoms in total. The Bertz CT molecular complexity index is 498. The number of thioether (sulfide) groups is 1. The number of carbonyl (C=O) groups is 1. The Morgan fingerprint density at radius 1 is 1.29 bits per heavy atom. The zero-order valence-corrected chi connectivity index (χ0v) is 13.8. The molecule has 0 radical (unpaired) electrons. The van der Waals surface area contributed by atoms with Gasteiger partial charge in [-0.1, -0.05) is 18.6 Å². The molecule has 1 N–H and O–H groups in total. The molecule has 2 aliphatic rings. The number of hydrogen-bond acceptors (Lipinski definition) is 2. The molecule has 1 aromatic carbocycles. The molecule has 2 aliphatic carbocycles. The highest BCUT2D eigenvalue weighted by atomic mass is 32.2. The summed E-state index contributed by atoms with van der Waals surface area (Å²) in [7, 11) is 0. The second-order valence-corrected chi connectivity index (χ2v) is 7.60. The lowest BCUT2D eigenvalue weighted by Gasteiger charge is -2.28. The largest absolute Gasteiger partial charge is 0.349 e. The van der Waals surface area contributed by atoms with Crippen LogP contribution in [0, 0.1) is 17.8 Å². The van der Waals surface area contributed by atoms with Crippen molar-refractivity contribution in [3.8, 4) is 0 Å². The van der Waals surface area contributed by atoms with E-state index in [1.807, 2.05) is 12.1 Å². The zero-order valence-electron chi connectivity index (χ0n) is 13.0. The number of benzene rings is 1. The lowest BCUT2D eigenvalue weighted by molar-refractivity contribution is 0.0915. The van der Waals surface area contributed by atoms with E-state index in [1.165, 1.54) is 31.2 Å². The van der Waals surface area contributed by atoms with Gasteiger partial charge in [-0.2, -0.15) is 11.8 Å². The van der Waals surface area contributed by atoms with Crippen molar-refractivity contribution >= 4 is 17.7 Å². The maximum Gasteiger partial charge on any atom is 0.251 e. The molecular formula is C18H25NOS. The molecule has 0 aromatic heterocycles. The maximum absolute atomic E-state index is 12.4. The second kappa shape index (κ2) is 6.43. The summed E-state index contributed by atoms with van der Waals surface area (Å²) in [4.78, 5) is 12.4. The fourth-order valence-corrected chi connectivity index (χ4v) is 4.75. The summed E-state index contributed by atoms with van der Waals surface area (Å²) in [5.41, 5.74) is 2.06. The number of rotatable bonds is 5. The number of hydrogen-bond donors (Lipinski definition) is 1.